The summed E-state index contributed by atoms with van der Waals surface area (Å²) in [5.74, 6) is 0.141. The van der Waals surface area contributed by atoms with Crippen molar-refractivity contribution < 1.29 is 22.7 Å². The summed E-state index contributed by atoms with van der Waals surface area (Å²) in [6.45, 7) is 5.85. The van der Waals surface area contributed by atoms with Gasteiger partial charge in [0.25, 0.3) is 5.56 Å². The largest absolute Gasteiger partial charge is 0.496 e. The van der Waals surface area contributed by atoms with Gasteiger partial charge in [-0.1, -0.05) is 18.2 Å². The average molecular weight is 504 g/mol. The molecule has 9 heteroatoms. The van der Waals surface area contributed by atoms with Crippen LogP contribution in [0.25, 0.3) is 10.9 Å². The molecule has 194 valence electrons. The summed E-state index contributed by atoms with van der Waals surface area (Å²) in [4.78, 5) is 28.7. The van der Waals surface area contributed by atoms with Crippen molar-refractivity contribution in [2.24, 2.45) is 5.92 Å². The number of rotatable bonds is 7. The molecular weight excluding hydrogens is 471 g/mol. The molecule has 3 unspecified atom stereocenters. The number of ketones is 1. The second kappa shape index (κ2) is 10.1. The molecule has 3 heterocycles. The molecule has 1 aromatic carbocycles. The molecule has 0 amide bonds. The molecule has 2 aromatic heterocycles. The number of carbonyl (C=O) groups excluding carboxylic acids is 1. The highest BCUT2D eigenvalue weighted by Crippen LogP contribution is 2.38. The maximum atomic E-state index is 13.5. The number of aryl methyl sites for hydroxylation is 1. The lowest BCUT2D eigenvalue weighted by Crippen LogP contribution is -2.48. The number of H-pyrrole nitrogens is 1. The number of hydrogen-bond donors (Lipinski definition) is 2. The summed E-state index contributed by atoms with van der Waals surface area (Å²) in [6, 6.07) is 7.49. The predicted molar refractivity (Wildman–Crippen MR) is 133 cm³/mol. The number of carbonyl (C=O) groups is 1. The maximum absolute atomic E-state index is 13.5. The predicted octanol–water partition coefficient (Wildman–Crippen LogP) is 5.26. The smallest absolute Gasteiger partial charge is 0.403 e. The monoisotopic (exact) mass is 503 g/mol. The normalized spacial score (nSPS) is 19.4. The molecule has 0 radical (unpaired) electrons. The fraction of sp³-hybridized carbons (Fsp3) is 0.481. The Morgan fingerprint density at radius 1 is 1.25 bits per heavy atom. The number of aromatic nitrogens is 2. The Morgan fingerprint density at radius 2 is 1.97 bits per heavy atom. The number of nitrogens with zero attached hydrogens (tertiary/aromatic N) is 1. The first kappa shape index (κ1) is 26.0. The number of Topliss-reactive ketones (excluding diaryl/α,β-unsaturated/α-hetero) is 1. The topological polar surface area (TPSA) is 76.1 Å². The average Bonchev–Trinajstić information content (AvgIpc) is 3.13. The number of pyridine rings is 1. The van der Waals surface area contributed by atoms with E-state index in [2.05, 4.69) is 10.3 Å². The van der Waals surface area contributed by atoms with Gasteiger partial charge in [-0.15, -0.1) is 0 Å². The number of ether oxygens (including phenoxy) is 1. The van der Waals surface area contributed by atoms with Crippen LogP contribution in [0.4, 0.5) is 13.2 Å². The highest BCUT2D eigenvalue weighted by molar-refractivity contribution is 6.09. The van der Waals surface area contributed by atoms with Gasteiger partial charge in [0.15, 0.2) is 5.78 Å². The first-order valence-corrected chi connectivity index (χ1v) is 12.2. The fourth-order valence-electron chi connectivity index (χ4n) is 5.58. The van der Waals surface area contributed by atoms with Gasteiger partial charge in [-0.2, -0.15) is 13.2 Å². The lowest BCUT2D eigenvalue weighted by atomic mass is 9.86. The number of aromatic amines is 1. The number of benzene rings is 1. The molecule has 2 N–H and O–H groups in total. The van der Waals surface area contributed by atoms with Crippen molar-refractivity contribution in [2.75, 3.05) is 13.7 Å². The number of hydrogen-bond acceptors (Lipinski definition) is 4. The Kier molecular flexibility index (Phi) is 7.31. The van der Waals surface area contributed by atoms with Gasteiger partial charge in [-0.3, -0.25) is 9.59 Å². The number of fused-ring (bicyclic) bond motifs is 1. The van der Waals surface area contributed by atoms with Gasteiger partial charge in [-0.25, -0.2) is 0 Å². The Hall–Kier alpha value is -3.07. The quantitative estimate of drug-likeness (QED) is 0.431. The summed E-state index contributed by atoms with van der Waals surface area (Å²) in [5.41, 5.74) is 2.93. The molecule has 4 rings (SSSR count). The van der Waals surface area contributed by atoms with E-state index in [1.807, 2.05) is 42.7 Å². The van der Waals surface area contributed by atoms with E-state index < -0.39 is 12.2 Å². The molecule has 0 spiro atoms. The lowest BCUT2D eigenvalue weighted by molar-refractivity contribution is -0.164. The zero-order valence-electron chi connectivity index (χ0n) is 21.0. The van der Waals surface area contributed by atoms with E-state index in [0.717, 1.165) is 16.6 Å². The van der Waals surface area contributed by atoms with Crippen LogP contribution < -0.4 is 15.6 Å². The van der Waals surface area contributed by atoms with Gasteiger partial charge in [0.1, 0.15) is 11.8 Å². The molecule has 1 saturated heterocycles. The third-order valence-electron chi connectivity index (χ3n) is 7.42. The minimum Gasteiger partial charge on any atom is -0.496 e. The van der Waals surface area contributed by atoms with Crippen LogP contribution in [0, 0.1) is 19.8 Å². The van der Waals surface area contributed by atoms with E-state index in [1.54, 1.807) is 13.0 Å². The van der Waals surface area contributed by atoms with Crippen LogP contribution >= 0.6 is 0 Å². The van der Waals surface area contributed by atoms with E-state index in [9.17, 15) is 22.8 Å². The molecule has 36 heavy (non-hydrogen) atoms. The summed E-state index contributed by atoms with van der Waals surface area (Å²) < 4.78 is 47.6. The second-order valence-corrected chi connectivity index (χ2v) is 9.67. The van der Waals surface area contributed by atoms with Gasteiger partial charge >= 0.3 is 6.18 Å². The SMILES string of the molecule is COc1cc(C)[nH]c(=O)c1CCC(=O)c1c(C)n(C(C)C2CCNC(C(F)(F)F)C2)c2ccccc12. The van der Waals surface area contributed by atoms with Crippen LogP contribution in [-0.2, 0) is 6.42 Å². The summed E-state index contributed by atoms with van der Waals surface area (Å²) in [6.07, 6.45) is -3.35. The molecule has 1 aliphatic rings. The van der Waals surface area contributed by atoms with Gasteiger partial charge in [0, 0.05) is 40.3 Å². The summed E-state index contributed by atoms with van der Waals surface area (Å²) in [7, 11) is 1.49. The molecular formula is C27H32F3N3O3. The Balaban J connectivity index is 1.65. The van der Waals surface area contributed by atoms with Crippen LogP contribution in [-0.4, -0.2) is 41.2 Å². The van der Waals surface area contributed by atoms with Crippen LogP contribution in [0.15, 0.2) is 35.1 Å². The van der Waals surface area contributed by atoms with Crippen molar-refractivity contribution in [3.8, 4) is 5.75 Å². The van der Waals surface area contributed by atoms with Crippen molar-refractivity contribution in [3.63, 3.8) is 0 Å². The fourth-order valence-corrected chi connectivity index (χ4v) is 5.58. The molecule has 1 aliphatic heterocycles. The number of methoxy groups -OCH3 is 1. The van der Waals surface area contributed by atoms with Crippen molar-refractivity contribution >= 4 is 16.7 Å². The maximum Gasteiger partial charge on any atom is 0.403 e. The number of piperidine rings is 1. The summed E-state index contributed by atoms with van der Waals surface area (Å²) >= 11 is 0. The minimum atomic E-state index is -4.29. The highest BCUT2D eigenvalue weighted by Gasteiger charge is 2.43. The van der Waals surface area contributed by atoms with E-state index in [-0.39, 0.29) is 42.6 Å². The van der Waals surface area contributed by atoms with Gasteiger partial charge in [0.05, 0.1) is 12.7 Å². The number of para-hydroxylation sites is 1. The van der Waals surface area contributed by atoms with Crippen LogP contribution in [0.5, 0.6) is 5.75 Å². The number of alkyl halides is 3. The molecule has 0 saturated carbocycles. The molecule has 0 bridgehead atoms. The van der Waals surface area contributed by atoms with Gasteiger partial charge in [-0.05, 0) is 64.6 Å². The minimum absolute atomic E-state index is 0.00408. The highest BCUT2D eigenvalue weighted by atomic mass is 19.4. The van der Waals surface area contributed by atoms with Crippen molar-refractivity contribution in [2.45, 2.75) is 64.7 Å². The van der Waals surface area contributed by atoms with E-state index in [4.69, 9.17) is 4.74 Å². The van der Waals surface area contributed by atoms with Gasteiger partial charge in [0.2, 0.25) is 0 Å². The number of halogens is 3. The Morgan fingerprint density at radius 3 is 2.67 bits per heavy atom. The lowest BCUT2D eigenvalue weighted by Gasteiger charge is -2.36. The molecule has 0 aliphatic carbocycles. The zero-order chi connectivity index (χ0) is 26.2. The first-order chi connectivity index (χ1) is 17.0. The number of nitrogens with one attached hydrogen (secondary N) is 2. The van der Waals surface area contributed by atoms with Crippen molar-refractivity contribution in [1.82, 2.24) is 14.9 Å². The van der Waals surface area contributed by atoms with E-state index in [1.165, 1.54) is 7.11 Å². The van der Waals surface area contributed by atoms with Crippen LogP contribution in [0.1, 0.15) is 59.5 Å². The van der Waals surface area contributed by atoms with Crippen molar-refractivity contribution in [3.05, 3.63) is 63.2 Å². The molecule has 1 fully saturated rings. The van der Waals surface area contributed by atoms with Crippen molar-refractivity contribution in [1.29, 1.82) is 0 Å². The van der Waals surface area contributed by atoms with E-state index in [0.29, 0.717) is 35.5 Å². The van der Waals surface area contributed by atoms with Gasteiger partial charge < -0.3 is 19.6 Å². The third kappa shape index (κ3) is 4.93. The van der Waals surface area contributed by atoms with Crippen LogP contribution in [0.3, 0.4) is 0 Å². The third-order valence-corrected chi connectivity index (χ3v) is 7.42. The standard InChI is InChI=1S/C27H32F3N3O3/c1-15-13-23(36-4)20(26(35)32-15)9-10-22(34)25-17(3)33(21-8-6-5-7-19(21)25)16(2)18-11-12-31-24(14-18)27(28,29)30/h5-8,13,16,18,24,31H,9-12,14H2,1-4H3,(H,32,35). The molecule has 6 nitrogen and oxygen atoms in total. The zero-order valence-corrected chi connectivity index (χ0v) is 21.0. The Bertz CT molecular complexity index is 1330. The first-order valence-electron chi connectivity index (χ1n) is 12.2. The molecule has 3 aromatic rings. The second-order valence-electron chi connectivity index (χ2n) is 9.67. The van der Waals surface area contributed by atoms with Crippen LogP contribution in [0.2, 0.25) is 0 Å². The van der Waals surface area contributed by atoms with E-state index >= 15 is 0 Å². The molecule has 3 atom stereocenters. The Labute approximate surface area is 207 Å². The summed E-state index contributed by atoms with van der Waals surface area (Å²) in [5, 5.41) is 3.37.